The van der Waals surface area contributed by atoms with Gasteiger partial charge in [-0.1, -0.05) is 55.4 Å². The molecule has 0 saturated carbocycles. The average molecular weight is 537 g/mol. The van der Waals surface area contributed by atoms with E-state index in [1.165, 1.54) is 77.4 Å². The molecule has 0 radical (unpaired) electrons. The van der Waals surface area contributed by atoms with Gasteiger partial charge in [-0.3, -0.25) is 4.99 Å². The van der Waals surface area contributed by atoms with E-state index in [4.69, 9.17) is 4.99 Å². The van der Waals surface area contributed by atoms with Gasteiger partial charge in [-0.05, 0) is 115 Å². The molecule has 0 spiro atoms. The molecule has 0 saturated heterocycles. The third-order valence-electron chi connectivity index (χ3n) is 9.27. The number of aromatic amines is 3. The zero-order valence-corrected chi connectivity index (χ0v) is 26.0. The van der Waals surface area contributed by atoms with E-state index in [1.54, 1.807) is 0 Å². The summed E-state index contributed by atoms with van der Waals surface area (Å²) in [7, 11) is 0. The van der Waals surface area contributed by atoms with Gasteiger partial charge < -0.3 is 15.0 Å². The Morgan fingerprint density at radius 3 is 1.32 bits per heavy atom. The van der Waals surface area contributed by atoms with Crippen LogP contribution >= 0.6 is 0 Å². The van der Waals surface area contributed by atoms with Crippen LogP contribution in [0, 0.1) is 5.92 Å². The fourth-order valence-electron chi connectivity index (χ4n) is 7.39. The van der Waals surface area contributed by atoms with Gasteiger partial charge in [0, 0.05) is 38.7 Å². The van der Waals surface area contributed by atoms with Gasteiger partial charge in [0.15, 0.2) is 0 Å². The Kier molecular flexibility index (Phi) is 8.26. The van der Waals surface area contributed by atoms with Gasteiger partial charge in [0.25, 0.3) is 0 Å². The van der Waals surface area contributed by atoms with E-state index < -0.39 is 0 Å². The summed E-state index contributed by atoms with van der Waals surface area (Å²) in [5, 5.41) is 4.90. The van der Waals surface area contributed by atoms with Crippen molar-refractivity contribution in [2.24, 2.45) is 10.9 Å². The summed E-state index contributed by atoms with van der Waals surface area (Å²) in [6, 6.07) is 0. The number of hydrogen-bond donors (Lipinski definition) is 3. The molecule has 1 unspecified atom stereocenters. The molecule has 3 aromatic rings. The SMILES string of the molecule is CCC1=C2/C=c3\[nH]/c(c(CC)c3CC)=C\c3[nH]c(c(CC)c3CC)/C=c3\[nH]/c(c(CC)c3CC)=C\C(=N2)C1CC. The minimum atomic E-state index is 0.360. The number of fused-ring (bicyclic) bond motifs is 7. The summed E-state index contributed by atoms with van der Waals surface area (Å²) in [4.78, 5) is 16.9. The molecule has 0 fully saturated rings. The number of aromatic nitrogens is 3. The van der Waals surface area contributed by atoms with Gasteiger partial charge in [0.2, 0.25) is 0 Å². The zero-order valence-electron chi connectivity index (χ0n) is 26.0. The minimum absolute atomic E-state index is 0.360. The maximum absolute atomic E-state index is 5.34. The van der Waals surface area contributed by atoms with Crippen molar-refractivity contribution in [1.82, 2.24) is 15.0 Å². The Bertz CT molecular complexity index is 1730. The lowest BCUT2D eigenvalue weighted by Crippen LogP contribution is -2.18. The molecule has 4 nitrogen and oxygen atoms in total. The van der Waals surface area contributed by atoms with Crippen molar-refractivity contribution >= 4 is 30.0 Å². The molecule has 212 valence electrons. The lowest BCUT2D eigenvalue weighted by Gasteiger charge is -2.12. The van der Waals surface area contributed by atoms with Crippen molar-refractivity contribution in [2.75, 3.05) is 0 Å². The van der Waals surface area contributed by atoms with Crippen molar-refractivity contribution in [1.29, 1.82) is 0 Å². The molecule has 40 heavy (non-hydrogen) atoms. The largest absolute Gasteiger partial charge is 0.355 e. The van der Waals surface area contributed by atoms with Crippen molar-refractivity contribution < 1.29 is 0 Å². The number of H-pyrrole nitrogens is 3. The third kappa shape index (κ3) is 4.60. The van der Waals surface area contributed by atoms with Crippen LogP contribution in [0.15, 0.2) is 16.3 Å². The average Bonchev–Trinajstić information content (AvgIpc) is 3.67. The molecular formula is C36H48N4. The Labute approximate surface area is 239 Å². The standard InChI is InChI=1S/C36H48N4/c1-9-21-22(10-2)30-18-32-25(13-5)26(14-6)34(39-32)20-36-28(16-8)27(15-7)35(40-36)19-33-24(12-4)23(11-3)31(38-33)17-29(21)37-30/h17-21,38-40H,9-16H2,1-8H3/b31-17-,32-18-,33-19-,34-20-. The van der Waals surface area contributed by atoms with Crippen molar-refractivity contribution in [2.45, 2.75) is 107 Å². The van der Waals surface area contributed by atoms with Crippen LogP contribution in [-0.4, -0.2) is 20.7 Å². The second-order valence-corrected chi connectivity index (χ2v) is 11.2. The summed E-state index contributed by atoms with van der Waals surface area (Å²) < 4.78 is 0. The molecule has 0 aromatic carbocycles. The van der Waals surface area contributed by atoms with Crippen molar-refractivity contribution in [3.8, 4) is 0 Å². The van der Waals surface area contributed by atoms with E-state index in [0.29, 0.717) is 5.92 Å². The van der Waals surface area contributed by atoms with E-state index >= 15 is 0 Å². The predicted molar refractivity (Wildman–Crippen MR) is 172 cm³/mol. The first-order valence-electron chi connectivity index (χ1n) is 15.9. The molecule has 5 heterocycles. The number of aliphatic imine (C=N–C) groups is 1. The van der Waals surface area contributed by atoms with Crippen LogP contribution in [0.3, 0.4) is 0 Å². The van der Waals surface area contributed by atoms with E-state index in [2.05, 4.69) is 94.6 Å². The highest BCUT2D eigenvalue weighted by molar-refractivity contribution is 6.15. The molecule has 3 N–H and O–H groups in total. The summed E-state index contributed by atoms with van der Waals surface area (Å²) in [6.45, 7) is 18.3. The van der Waals surface area contributed by atoms with Crippen LogP contribution in [0.25, 0.3) is 24.3 Å². The first-order valence-corrected chi connectivity index (χ1v) is 15.9. The van der Waals surface area contributed by atoms with Crippen LogP contribution in [-0.2, 0) is 38.5 Å². The highest BCUT2D eigenvalue weighted by Gasteiger charge is 2.26. The van der Waals surface area contributed by atoms with Gasteiger partial charge in [-0.25, -0.2) is 0 Å². The normalized spacial score (nSPS) is 19.8. The quantitative estimate of drug-likeness (QED) is 0.344. The number of hydrogen-bond acceptors (Lipinski definition) is 1. The zero-order chi connectivity index (χ0) is 28.6. The van der Waals surface area contributed by atoms with E-state index in [1.807, 2.05) is 0 Å². The smallest absolute Gasteiger partial charge is 0.0652 e. The number of nitrogens with zero attached hydrogens (tertiary/aromatic N) is 1. The molecule has 1 atom stereocenters. The molecule has 2 aliphatic heterocycles. The fraction of sp³-hybridized carbons (Fsp3) is 0.472. The molecule has 5 rings (SSSR count). The number of rotatable bonds is 8. The Morgan fingerprint density at radius 2 is 0.925 bits per heavy atom. The third-order valence-corrected chi connectivity index (χ3v) is 9.27. The molecule has 0 aliphatic carbocycles. The van der Waals surface area contributed by atoms with Crippen molar-refractivity contribution in [3.05, 3.63) is 77.4 Å². The summed E-state index contributed by atoms with van der Waals surface area (Å²) in [6.07, 6.45) is 17.6. The highest BCUT2D eigenvalue weighted by Crippen LogP contribution is 2.32. The van der Waals surface area contributed by atoms with Crippen LogP contribution in [0.4, 0.5) is 0 Å². The van der Waals surface area contributed by atoms with Crippen molar-refractivity contribution in [3.63, 3.8) is 0 Å². The fourth-order valence-corrected chi connectivity index (χ4v) is 7.39. The summed E-state index contributed by atoms with van der Waals surface area (Å²) >= 11 is 0. The second-order valence-electron chi connectivity index (χ2n) is 11.2. The Balaban J connectivity index is 1.97. The lowest BCUT2D eigenvalue weighted by atomic mass is 9.90. The van der Waals surface area contributed by atoms with E-state index in [-0.39, 0.29) is 0 Å². The van der Waals surface area contributed by atoms with E-state index in [9.17, 15) is 0 Å². The molecule has 3 aromatic heterocycles. The van der Waals surface area contributed by atoms with Gasteiger partial charge in [-0.15, -0.1) is 0 Å². The Hall–Kier alpha value is -3.27. The van der Waals surface area contributed by atoms with Gasteiger partial charge >= 0.3 is 0 Å². The monoisotopic (exact) mass is 536 g/mol. The summed E-state index contributed by atoms with van der Waals surface area (Å²) in [5.74, 6) is 0.360. The van der Waals surface area contributed by atoms with Gasteiger partial charge in [0.1, 0.15) is 0 Å². The summed E-state index contributed by atoms with van der Waals surface area (Å²) in [5.41, 5.74) is 14.8. The van der Waals surface area contributed by atoms with Crippen LogP contribution < -0.4 is 21.4 Å². The van der Waals surface area contributed by atoms with Gasteiger partial charge in [0.05, 0.1) is 11.4 Å². The minimum Gasteiger partial charge on any atom is -0.355 e. The Morgan fingerprint density at radius 1 is 0.500 bits per heavy atom. The van der Waals surface area contributed by atoms with Crippen LogP contribution in [0.1, 0.15) is 113 Å². The van der Waals surface area contributed by atoms with Gasteiger partial charge in [-0.2, -0.15) is 0 Å². The number of nitrogens with one attached hydrogen (secondary N) is 3. The lowest BCUT2D eigenvalue weighted by molar-refractivity contribution is 0.751. The first-order chi connectivity index (χ1) is 19.5. The number of allylic oxidation sites excluding steroid dienone is 2. The highest BCUT2D eigenvalue weighted by atomic mass is 14.8. The maximum Gasteiger partial charge on any atom is 0.0652 e. The van der Waals surface area contributed by atoms with Crippen LogP contribution in [0.5, 0.6) is 0 Å². The van der Waals surface area contributed by atoms with Crippen LogP contribution in [0.2, 0.25) is 0 Å². The molecule has 2 aliphatic rings. The second kappa shape index (κ2) is 11.7. The van der Waals surface area contributed by atoms with E-state index in [0.717, 1.165) is 57.1 Å². The predicted octanol–water partition coefficient (Wildman–Crippen LogP) is 5.42. The first kappa shape index (κ1) is 28.3. The molecule has 4 heteroatoms. The maximum atomic E-state index is 5.34. The molecule has 8 bridgehead atoms. The molecule has 0 amide bonds. The molecular weight excluding hydrogens is 488 g/mol. The topological polar surface area (TPSA) is 59.7 Å².